The number of aryl methyl sites for hydroxylation is 1. The zero-order chi connectivity index (χ0) is 23.8. The van der Waals surface area contributed by atoms with E-state index in [-0.39, 0.29) is 11.3 Å². The maximum Gasteiger partial charge on any atom is 0.251 e. The van der Waals surface area contributed by atoms with Gasteiger partial charge in [-0.25, -0.2) is 0 Å². The number of aromatic nitrogens is 1. The lowest BCUT2D eigenvalue weighted by Crippen LogP contribution is -2.16. The average Bonchev–Trinajstić information content (AvgIpc) is 2.79. The molecule has 1 aromatic heterocycles. The number of ketones is 1. The number of halogens is 1. The van der Waals surface area contributed by atoms with Gasteiger partial charge < -0.3 is 9.67 Å². The van der Waals surface area contributed by atoms with Crippen molar-refractivity contribution >= 4 is 28.3 Å². The van der Waals surface area contributed by atoms with Gasteiger partial charge in [0.05, 0.1) is 5.52 Å². The van der Waals surface area contributed by atoms with Gasteiger partial charge in [0.1, 0.15) is 5.60 Å². The molecule has 5 heteroatoms. The Labute approximate surface area is 197 Å². The lowest BCUT2D eigenvalue weighted by atomic mass is 9.95. The van der Waals surface area contributed by atoms with Gasteiger partial charge in [0.15, 0.2) is 5.78 Å². The van der Waals surface area contributed by atoms with Gasteiger partial charge >= 0.3 is 0 Å². The molecule has 0 aliphatic carbocycles. The summed E-state index contributed by atoms with van der Waals surface area (Å²) in [6.07, 6.45) is 0. The van der Waals surface area contributed by atoms with Crippen molar-refractivity contribution < 1.29 is 9.90 Å². The average molecular weight is 456 g/mol. The molecule has 0 spiro atoms. The highest BCUT2D eigenvalue weighted by atomic mass is 35.5. The van der Waals surface area contributed by atoms with Crippen molar-refractivity contribution in [3.8, 4) is 23.0 Å². The molecule has 0 aliphatic heterocycles. The molecule has 4 nitrogen and oxygen atoms in total. The van der Waals surface area contributed by atoms with Gasteiger partial charge in [-0.05, 0) is 79.6 Å². The van der Waals surface area contributed by atoms with E-state index in [1.165, 1.54) is 0 Å². The maximum absolute atomic E-state index is 13.1. The van der Waals surface area contributed by atoms with E-state index >= 15 is 0 Å². The normalized spacial score (nSPS) is 11.2. The van der Waals surface area contributed by atoms with Crippen LogP contribution in [0.15, 0.2) is 77.6 Å². The third-order valence-corrected chi connectivity index (χ3v) is 5.55. The topological polar surface area (TPSA) is 59.3 Å². The van der Waals surface area contributed by atoms with Crippen LogP contribution in [0.5, 0.6) is 0 Å². The number of hydrogen-bond acceptors (Lipinski definition) is 3. The Balaban J connectivity index is 1.88. The number of fused-ring (bicyclic) bond motifs is 1. The highest BCUT2D eigenvalue weighted by Gasteiger charge is 2.14. The van der Waals surface area contributed by atoms with Gasteiger partial charge in [-0.1, -0.05) is 35.6 Å². The van der Waals surface area contributed by atoms with E-state index in [0.717, 1.165) is 22.0 Å². The van der Waals surface area contributed by atoms with Gasteiger partial charge in [0.25, 0.3) is 5.56 Å². The quantitative estimate of drug-likeness (QED) is 0.340. The van der Waals surface area contributed by atoms with Crippen molar-refractivity contribution in [2.75, 3.05) is 0 Å². The molecule has 0 amide bonds. The van der Waals surface area contributed by atoms with E-state index in [1.807, 2.05) is 30.3 Å². The predicted molar refractivity (Wildman–Crippen MR) is 133 cm³/mol. The molecule has 0 saturated heterocycles. The van der Waals surface area contributed by atoms with Crippen molar-refractivity contribution in [2.24, 2.45) is 7.05 Å². The second kappa shape index (κ2) is 8.71. The molecule has 33 heavy (non-hydrogen) atoms. The van der Waals surface area contributed by atoms with Crippen molar-refractivity contribution in [3.63, 3.8) is 0 Å². The van der Waals surface area contributed by atoms with Gasteiger partial charge in [0.2, 0.25) is 0 Å². The van der Waals surface area contributed by atoms with Crippen LogP contribution in [0, 0.1) is 11.8 Å². The molecule has 3 aromatic carbocycles. The summed E-state index contributed by atoms with van der Waals surface area (Å²) < 4.78 is 1.56. The lowest BCUT2D eigenvalue weighted by molar-refractivity contribution is 0.103. The van der Waals surface area contributed by atoms with Crippen LogP contribution in [0.2, 0.25) is 5.02 Å². The van der Waals surface area contributed by atoms with Gasteiger partial charge in [-0.3, -0.25) is 9.59 Å². The van der Waals surface area contributed by atoms with E-state index in [9.17, 15) is 14.7 Å². The Kier molecular flexibility index (Phi) is 5.95. The Morgan fingerprint density at radius 2 is 1.67 bits per heavy atom. The maximum atomic E-state index is 13.1. The molecule has 0 radical (unpaired) electrons. The van der Waals surface area contributed by atoms with Crippen molar-refractivity contribution in [1.82, 2.24) is 4.57 Å². The van der Waals surface area contributed by atoms with Gasteiger partial charge in [-0.2, -0.15) is 0 Å². The Morgan fingerprint density at radius 1 is 0.970 bits per heavy atom. The molecule has 0 unspecified atom stereocenters. The molecule has 4 aromatic rings. The molecule has 4 rings (SSSR count). The van der Waals surface area contributed by atoms with Crippen LogP contribution in [0.4, 0.5) is 0 Å². The van der Waals surface area contributed by atoms with Crippen LogP contribution in [-0.2, 0) is 7.05 Å². The van der Waals surface area contributed by atoms with Gasteiger partial charge in [0, 0.05) is 40.2 Å². The predicted octanol–water partition coefficient (Wildman–Crippen LogP) is 5.21. The first kappa shape index (κ1) is 22.5. The number of carbonyl (C=O) groups excluding carboxylic acids is 1. The molecule has 0 atom stereocenters. The van der Waals surface area contributed by atoms with E-state index in [1.54, 1.807) is 67.9 Å². The first-order valence-electron chi connectivity index (χ1n) is 10.4. The number of nitrogens with zero attached hydrogens (tertiary/aromatic N) is 1. The number of carbonyl (C=O) groups is 1. The number of rotatable bonds is 3. The second-order valence-electron chi connectivity index (χ2n) is 8.41. The number of pyridine rings is 1. The Hall–Kier alpha value is -3.65. The molecule has 0 fully saturated rings. The molecule has 164 valence electrons. The lowest BCUT2D eigenvalue weighted by Gasteiger charge is -2.12. The highest BCUT2D eigenvalue weighted by Crippen LogP contribution is 2.29. The highest BCUT2D eigenvalue weighted by molar-refractivity contribution is 6.30. The summed E-state index contributed by atoms with van der Waals surface area (Å²) in [6.45, 7) is 3.25. The molecular weight excluding hydrogens is 434 g/mol. The number of aliphatic hydroxyl groups is 1. The third kappa shape index (κ3) is 4.90. The smallest absolute Gasteiger partial charge is 0.251 e. The van der Waals surface area contributed by atoms with Crippen LogP contribution < -0.4 is 5.56 Å². The Morgan fingerprint density at radius 3 is 2.36 bits per heavy atom. The molecule has 1 N–H and O–H groups in total. The fraction of sp³-hybridized carbons (Fsp3) is 0.143. The zero-order valence-corrected chi connectivity index (χ0v) is 19.3. The summed E-state index contributed by atoms with van der Waals surface area (Å²) >= 11 is 5.95. The SMILES string of the molecule is Cn1c(=O)cc(-c2cccc(C#CC(C)(C)O)c2)c2cc(C(=O)c3ccc(Cl)cc3)ccc21. The standard InChI is InChI=1S/C28H22ClNO3/c1-28(2,33)14-13-18-5-4-6-20(15-18)23-17-26(31)30(3)25-12-9-21(16-24(23)25)27(32)19-7-10-22(29)11-8-19/h4-12,15-17,33H,1-3H3. The van der Waals surface area contributed by atoms with Gasteiger partial charge in [-0.15, -0.1) is 0 Å². The summed E-state index contributed by atoms with van der Waals surface area (Å²) in [7, 11) is 1.71. The largest absolute Gasteiger partial charge is 0.378 e. The molecule has 1 heterocycles. The van der Waals surface area contributed by atoms with Crippen molar-refractivity contribution in [2.45, 2.75) is 19.4 Å². The van der Waals surface area contributed by atoms with Crippen LogP contribution in [-0.4, -0.2) is 21.1 Å². The minimum Gasteiger partial charge on any atom is -0.378 e. The van der Waals surface area contributed by atoms with Crippen LogP contribution in [0.1, 0.15) is 35.3 Å². The summed E-state index contributed by atoms with van der Waals surface area (Å²) in [4.78, 5) is 25.7. The van der Waals surface area contributed by atoms with Crippen molar-refractivity contribution in [3.05, 3.63) is 105 Å². The van der Waals surface area contributed by atoms with E-state index in [0.29, 0.717) is 21.7 Å². The first-order valence-corrected chi connectivity index (χ1v) is 10.8. The van der Waals surface area contributed by atoms with E-state index < -0.39 is 5.60 Å². The fourth-order valence-corrected chi connectivity index (χ4v) is 3.72. The summed E-state index contributed by atoms with van der Waals surface area (Å²) in [5, 5.41) is 11.3. The Bertz CT molecular complexity index is 1500. The van der Waals surface area contributed by atoms with Crippen LogP contribution in [0.3, 0.4) is 0 Å². The molecular formula is C28H22ClNO3. The molecule has 0 bridgehead atoms. The van der Waals surface area contributed by atoms with E-state index in [2.05, 4.69) is 11.8 Å². The summed E-state index contributed by atoms with van der Waals surface area (Å²) in [5.74, 6) is 5.66. The second-order valence-corrected chi connectivity index (χ2v) is 8.85. The van der Waals surface area contributed by atoms with E-state index in [4.69, 9.17) is 11.6 Å². The zero-order valence-electron chi connectivity index (χ0n) is 18.5. The monoisotopic (exact) mass is 455 g/mol. The third-order valence-electron chi connectivity index (χ3n) is 5.30. The molecule has 0 saturated carbocycles. The minimum absolute atomic E-state index is 0.127. The summed E-state index contributed by atoms with van der Waals surface area (Å²) in [6, 6.07) is 21.2. The summed E-state index contributed by atoms with van der Waals surface area (Å²) in [5.41, 5.74) is 2.75. The van der Waals surface area contributed by atoms with Crippen LogP contribution in [0.25, 0.3) is 22.0 Å². The first-order chi connectivity index (χ1) is 15.6. The fourth-order valence-electron chi connectivity index (χ4n) is 3.60. The number of hydrogen-bond donors (Lipinski definition) is 1. The van der Waals surface area contributed by atoms with Crippen LogP contribution >= 0.6 is 11.6 Å². The number of benzene rings is 3. The molecule has 0 aliphatic rings. The van der Waals surface area contributed by atoms with Crippen molar-refractivity contribution in [1.29, 1.82) is 0 Å². The minimum atomic E-state index is -1.11.